The molecule has 0 N–H and O–H groups in total. The normalized spacial score (nSPS) is 12.5. The summed E-state index contributed by atoms with van der Waals surface area (Å²) in [4.78, 5) is 2.46. The van der Waals surface area contributed by atoms with E-state index in [-0.39, 0.29) is 0 Å². The summed E-state index contributed by atoms with van der Waals surface area (Å²) in [5.74, 6) is 0. The molecule has 1 aliphatic heterocycles. The van der Waals surface area contributed by atoms with E-state index in [0.29, 0.717) is 0 Å². The SMILES string of the molecule is c1ccc(-c2ccccc2-c2ccc3c(c2)P(c2ccccc2)c2cc(-c4ccccc4-c4ccccc4)ccc2N3c2cccc3c2oc2ccccc23)cc1. The average molecular weight is 746 g/mol. The van der Waals surface area contributed by atoms with Gasteiger partial charge in [-0.15, -0.1) is 0 Å². The standard InChI is InChI=1S/C54H36NOP/c1-4-17-37(18-5-1)42-23-10-12-25-44(42)39-31-33-48-52(35-39)57(41-21-8-3-9-22-41)53-36-40(45-26-13-11-24-43(45)38-19-6-2-7-20-38)32-34-49(53)55(48)50-29-16-28-47-46-27-14-15-30-51(46)56-54(47)50/h1-36H. The molecule has 10 aromatic rings. The first-order chi connectivity index (χ1) is 28.3. The lowest BCUT2D eigenvalue weighted by molar-refractivity contribution is 0.669. The Morgan fingerprint density at radius 1 is 0.333 bits per heavy atom. The van der Waals surface area contributed by atoms with E-state index in [9.17, 15) is 0 Å². The minimum atomic E-state index is -0.991. The topological polar surface area (TPSA) is 16.4 Å². The molecule has 268 valence electrons. The molecule has 11 rings (SSSR count). The molecule has 2 heterocycles. The minimum Gasteiger partial charge on any atom is -0.454 e. The first-order valence-electron chi connectivity index (χ1n) is 19.4. The van der Waals surface area contributed by atoms with Gasteiger partial charge in [0.1, 0.15) is 5.58 Å². The number of para-hydroxylation sites is 2. The van der Waals surface area contributed by atoms with Crippen LogP contribution in [0.4, 0.5) is 17.1 Å². The summed E-state index contributed by atoms with van der Waals surface area (Å²) in [7, 11) is -0.991. The maximum atomic E-state index is 6.76. The molecule has 1 aliphatic rings. The number of nitrogens with zero attached hydrogens (tertiary/aromatic N) is 1. The summed E-state index contributed by atoms with van der Waals surface area (Å²) < 4.78 is 6.76. The van der Waals surface area contributed by atoms with Crippen molar-refractivity contribution in [1.82, 2.24) is 0 Å². The van der Waals surface area contributed by atoms with E-state index < -0.39 is 7.92 Å². The summed E-state index contributed by atoms with van der Waals surface area (Å²) in [6.07, 6.45) is 0. The van der Waals surface area contributed by atoms with Crippen LogP contribution in [0.15, 0.2) is 223 Å². The Labute approximate surface area is 333 Å². The molecule has 0 saturated carbocycles. The fraction of sp³-hybridized carbons (Fsp3) is 0. The van der Waals surface area contributed by atoms with Crippen LogP contribution in [0, 0.1) is 0 Å². The zero-order chi connectivity index (χ0) is 37.7. The summed E-state index contributed by atoms with van der Waals surface area (Å²) in [5, 5.41) is 6.18. The van der Waals surface area contributed by atoms with Gasteiger partial charge in [0.2, 0.25) is 0 Å². The van der Waals surface area contributed by atoms with Crippen LogP contribution in [0.2, 0.25) is 0 Å². The lowest BCUT2D eigenvalue weighted by atomic mass is 9.94. The van der Waals surface area contributed by atoms with E-state index in [4.69, 9.17) is 4.42 Å². The van der Waals surface area contributed by atoms with Gasteiger partial charge in [0.25, 0.3) is 0 Å². The number of hydrogen-bond donors (Lipinski definition) is 0. The van der Waals surface area contributed by atoms with E-state index in [1.165, 1.54) is 71.8 Å². The van der Waals surface area contributed by atoms with Crippen molar-refractivity contribution in [3.05, 3.63) is 218 Å². The number of furan rings is 1. The molecule has 0 amide bonds. The fourth-order valence-corrected chi connectivity index (χ4v) is 11.2. The summed E-state index contributed by atoms with van der Waals surface area (Å²) in [5.41, 5.74) is 14.9. The quantitative estimate of drug-likeness (QED) is 0.158. The smallest absolute Gasteiger partial charge is 0.159 e. The van der Waals surface area contributed by atoms with Gasteiger partial charge in [-0.25, -0.2) is 0 Å². The van der Waals surface area contributed by atoms with Gasteiger partial charge in [0.15, 0.2) is 5.58 Å². The molecular weight excluding hydrogens is 710 g/mol. The maximum absolute atomic E-state index is 6.76. The van der Waals surface area contributed by atoms with Crippen molar-refractivity contribution in [2.45, 2.75) is 0 Å². The van der Waals surface area contributed by atoms with E-state index in [0.717, 1.165) is 27.6 Å². The highest BCUT2D eigenvalue weighted by Crippen LogP contribution is 2.52. The molecule has 0 aliphatic carbocycles. The minimum absolute atomic E-state index is 0.888. The zero-order valence-corrected chi connectivity index (χ0v) is 32.0. The second-order valence-electron chi connectivity index (χ2n) is 14.5. The average Bonchev–Trinajstić information content (AvgIpc) is 3.68. The van der Waals surface area contributed by atoms with Crippen LogP contribution in [0.5, 0.6) is 0 Å². The van der Waals surface area contributed by atoms with E-state index in [1.807, 2.05) is 6.07 Å². The van der Waals surface area contributed by atoms with Gasteiger partial charge in [-0.05, 0) is 94.1 Å². The van der Waals surface area contributed by atoms with Gasteiger partial charge in [0, 0.05) is 21.4 Å². The Kier molecular flexibility index (Phi) is 8.16. The van der Waals surface area contributed by atoms with Crippen molar-refractivity contribution < 1.29 is 4.42 Å². The molecule has 0 atom stereocenters. The summed E-state index contributed by atoms with van der Waals surface area (Å²) >= 11 is 0. The lowest BCUT2D eigenvalue weighted by Gasteiger charge is -2.38. The largest absolute Gasteiger partial charge is 0.454 e. The molecule has 0 radical (unpaired) electrons. The van der Waals surface area contributed by atoms with Crippen molar-refractivity contribution in [2.24, 2.45) is 0 Å². The van der Waals surface area contributed by atoms with Crippen LogP contribution >= 0.6 is 7.92 Å². The first-order valence-corrected chi connectivity index (χ1v) is 20.8. The van der Waals surface area contributed by atoms with Crippen molar-refractivity contribution in [2.75, 3.05) is 4.90 Å². The molecular formula is C54H36NOP. The van der Waals surface area contributed by atoms with Crippen LogP contribution in [0.25, 0.3) is 66.4 Å². The number of rotatable bonds is 6. The number of hydrogen-bond acceptors (Lipinski definition) is 2. The third-order valence-corrected chi connectivity index (χ3v) is 13.7. The second-order valence-corrected chi connectivity index (χ2v) is 16.6. The van der Waals surface area contributed by atoms with Gasteiger partial charge in [-0.3, -0.25) is 0 Å². The number of benzene rings is 9. The highest BCUT2D eigenvalue weighted by atomic mass is 31.1. The van der Waals surface area contributed by atoms with Crippen LogP contribution < -0.4 is 20.8 Å². The highest BCUT2D eigenvalue weighted by Gasteiger charge is 2.35. The summed E-state index contributed by atoms with van der Waals surface area (Å²) in [6.45, 7) is 0. The maximum Gasteiger partial charge on any atom is 0.159 e. The Bertz CT molecular complexity index is 2940. The Balaban J connectivity index is 1.19. The summed E-state index contributed by atoms with van der Waals surface area (Å²) in [6, 6.07) is 79.3. The Morgan fingerprint density at radius 3 is 1.35 bits per heavy atom. The lowest BCUT2D eigenvalue weighted by Crippen LogP contribution is -2.34. The predicted octanol–water partition coefficient (Wildman–Crippen LogP) is 13.8. The van der Waals surface area contributed by atoms with Gasteiger partial charge in [-0.2, -0.15) is 0 Å². The third-order valence-electron chi connectivity index (χ3n) is 11.2. The predicted molar refractivity (Wildman–Crippen MR) is 242 cm³/mol. The second kappa shape index (κ2) is 13.9. The van der Waals surface area contributed by atoms with Crippen LogP contribution in [-0.4, -0.2) is 0 Å². The highest BCUT2D eigenvalue weighted by molar-refractivity contribution is 7.80. The molecule has 57 heavy (non-hydrogen) atoms. The number of fused-ring (bicyclic) bond motifs is 5. The van der Waals surface area contributed by atoms with E-state index >= 15 is 0 Å². The fourth-order valence-electron chi connectivity index (χ4n) is 8.61. The van der Waals surface area contributed by atoms with Gasteiger partial charge in [0.05, 0.1) is 17.1 Å². The zero-order valence-electron chi connectivity index (χ0n) is 31.1. The molecule has 0 unspecified atom stereocenters. The monoisotopic (exact) mass is 745 g/mol. The molecule has 0 bridgehead atoms. The molecule has 1 aromatic heterocycles. The Hall–Kier alpha value is -6.99. The molecule has 9 aromatic carbocycles. The molecule has 2 nitrogen and oxygen atoms in total. The Morgan fingerprint density at radius 2 is 0.789 bits per heavy atom. The van der Waals surface area contributed by atoms with Crippen LogP contribution in [0.3, 0.4) is 0 Å². The van der Waals surface area contributed by atoms with E-state index in [1.54, 1.807) is 0 Å². The van der Waals surface area contributed by atoms with Crippen LogP contribution in [-0.2, 0) is 0 Å². The number of anilines is 3. The van der Waals surface area contributed by atoms with Crippen molar-refractivity contribution in [3.63, 3.8) is 0 Å². The molecule has 3 heteroatoms. The van der Waals surface area contributed by atoms with Crippen molar-refractivity contribution in [3.8, 4) is 44.5 Å². The molecule has 0 fully saturated rings. The van der Waals surface area contributed by atoms with Gasteiger partial charge < -0.3 is 9.32 Å². The van der Waals surface area contributed by atoms with Crippen LogP contribution in [0.1, 0.15) is 0 Å². The molecule has 0 saturated heterocycles. The first kappa shape index (κ1) is 33.4. The van der Waals surface area contributed by atoms with Gasteiger partial charge in [-0.1, -0.05) is 182 Å². The van der Waals surface area contributed by atoms with Gasteiger partial charge >= 0.3 is 0 Å². The third kappa shape index (κ3) is 5.69. The van der Waals surface area contributed by atoms with Crippen molar-refractivity contribution >= 4 is 62.8 Å². The van der Waals surface area contributed by atoms with E-state index in [2.05, 4.69) is 217 Å². The van der Waals surface area contributed by atoms with Crippen molar-refractivity contribution in [1.29, 1.82) is 0 Å². The molecule has 0 spiro atoms.